The van der Waals surface area contributed by atoms with Crippen LogP contribution >= 0.6 is 11.3 Å². The van der Waals surface area contributed by atoms with Gasteiger partial charge in [-0.05, 0) is 41.5 Å². The van der Waals surface area contributed by atoms with Crippen LogP contribution in [0.2, 0.25) is 0 Å². The third-order valence-corrected chi connectivity index (χ3v) is 6.99. The van der Waals surface area contributed by atoms with Crippen LogP contribution in [0.4, 0.5) is 10.7 Å². The number of nitrogens with zero attached hydrogens (tertiary/aromatic N) is 2. The number of hydrogen-bond donors (Lipinski definition) is 1. The highest BCUT2D eigenvalue weighted by molar-refractivity contribution is 7.93. The number of hydrogen-bond acceptors (Lipinski definition) is 6. The van der Waals surface area contributed by atoms with E-state index in [1.165, 1.54) is 35.3 Å². The molecule has 29 heavy (non-hydrogen) atoms. The minimum absolute atomic E-state index is 0.00440. The van der Waals surface area contributed by atoms with Gasteiger partial charge in [0.2, 0.25) is 5.91 Å². The number of carbonyl (C=O) groups is 1. The van der Waals surface area contributed by atoms with Crippen molar-refractivity contribution in [3.63, 3.8) is 0 Å². The van der Waals surface area contributed by atoms with Gasteiger partial charge in [0, 0.05) is 6.92 Å². The van der Waals surface area contributed by atoms with E-state index in [0.29, 0.717) is 23.5 Å². The molecule has 0 aliphatic carbocycles. The molecule has 0 saturated heterocycles. The molecule has 3 rings (SSSR count). The summed E-state index contributed by atoms with van der Waals surface area (Å²) in [5.74, 6) is 0.269. The fourth-order valence-electron chi connectivity index (χ4n) is 3.16. The van der Waals surface area contributed by atoms with Crippen molar-refractivity contribution in [1.82, 2.24) is 0 Å². The fraction of sp³-hybridized carbons (Fsp3) is 0.400. The van der Waals surface area contributed by atoms with Crippen molar-refractivity contribution in [2.24, 2.45) is 0 Å². The first kappa shape index (κ1) is 21.1. The van der Waals surface area contributed by atoms with Crippen LogP contribution < -0.4 is 14.4 Å². The number of rotatable bonds is 3. The van der Waals surface area contributed by atoms with E-state index < -0.39 is 10.0 Å². The van der Waals surface area contributed by atoms with Gasteiger partial charge in [-0.3, -0.25) is 9.52 Å². The number of anilines is 2. The molecular weight excluding hydrogens is 410 g/mol. The Labute approximate surface area is 175 Å². The van der Waals surface area contributed by atoms with Crippen LogP contribution in [0, 0.1) is 11.3 Å². The molecular formula is C20H23N3O4S2. The minimum atomic E-state index is -3.96. The SMILES string of the molecule is CC(=O)N1CC(C)Oc2ccc(S(=O)(=O)Nc3scc(C(C)(C)C)c3C#N)cc21. The highest BCUT2D eigenvalue weighted by atomic mass is 32.2. The molecule has 1 N–H and O–H groups in total. The topological polar surface area (TPSA) is 99.5 Å². The molecule has 154 valence electrons. The Kier molecular flexibility index (Phi) is 5.36. The Morgan fingerprint density at radius 3 is 2.66 bits per heavy atom. The predicted octanol–water partition coefficient (Wildman–Crippen LogP) is 3.85. The number of fused-ring (bicyclic) bond motifs is 1. The minimum Gasteiger partial charge on any atom is -0.487 e. The molecule has 2 heterocycles. The van der Waals surface area contributed by atoms with E-state index in [1.807, 2.05) is 27.7 Å². The number of carbonyl (C=O) groups excluding carboxylic acids is 1. The Hall–Kier alpha value is -2.57. The smallest absolute Gasteiger partial charge is 0.262 e. The van der Waals surface area contributed by atoms with Gasteiger partial charge >= 0.3 is 0 Å². The molecule has 0 spiro atoms. The molecule has 1 aliphatic heterocycles. The molecule has 9 heteroatoms. The number of amides is 1. The maximum absolute atomic E-state index is 13.0. The summed E-state index contributed by atoms with van der Waals surface area (Å²) in [6.07, 6.45) is -0.188. The first-order chi connectivity index (χ1) is 13.4. The van der Waals surface area contributed by atoms with E-state index in [-0.39, 0.29) is 27.3 Å². The van der Waals surface area contributed by atoms with Crippen LogP contribution in [-0.2, 0) is 20.2 Å². The van der Waals surface area contributed by atoms with E-state index >= 15 is 0 Å². The lowest BCUT2D eigenvalue weighted by atomic mass is 9.86. The lowest BCUT2D eigenvalue weighted by Crippen LogP contribution is -2.41. The molecule has 1 unspecified atom stereocenters. The first-order valence-electron chi connectivity index (χ1n) is 9.07. The summed E-state index contributed by atoms with van der Waals surface area (Å²) in [5.41, 5.74) is 1.25. The van der Waals surface area contributed by atoms with Gasteiger partial charge in [-0.25, -0.2) is 8.42 Å². The molecule has 0 saturated carbocycles. The molecule has 0 bridgehead atoms. The van der Waals surface area contributed by atoms with E-state index in [9.17, 15) is 18.5 Å². The molecule has 1 amide bonds. The van der Waals surface area contributed by atoms with Gasteiger partial charge < -0.3 is 9.64 Å². The Morgan fingerprint density at radius 1 is 1.38 bits per heavy atom. The Balaban J connectivity index is 2.00. The normalized spacial score (nSPS) is 16.6. The standard InChI is InChI=1S/C20H23N3O4S2/c1-12-10-23(13(2)24)17-8-14(6-7-18(17)27-12)29(25,26)22-19-15(9-21)16(11-28-19)20(3,4)5/h6-8,11-12,22H,10H2,1-5H3. The number of benzene rings is 1. The van der Waals surface area contributed by atoms with Crippen molar-refractivity contribution in [1.29, 1.82) is 5.26 Å². The van der Waals surface area contributed by atoms with Crippen LogP contribution in [0.15, 0.2) is 28.5 Å². The lowest BCUT2D eigenvalue weighted by Gasteiger charge is -2.33. The van der Waals surface area contributed by atoms with Crippen molar-refractivity contribution in [3.8, 4) is 11.8 Å². The Morgan fingerprint density at radius 2 is 2.07 bits per heavy atom. The Bertz CT molecular complexity index is 1110. The molecule has 1 aromatic heterocycles. The zero-order valence-electron chi connectivity index (χ0n) is 16.9. The number of nitrogens with one attached hydrogen (secondary N) is 1. The van der Waals surface area contributed by atoms with Crippen molar-refractivity contribution < 1.29 is 17.9 Å². The van der Waals surface area contributed by atoms with Crippen molar-refractivity contribution in [2.45, 2.75) is 51.0 Å². The summed E-state index contributed by atoms with van der Waals surface area (Å²) in [6, 6.07) is 6.52. The third-order valence-electron chi connectivity index (χ3n) is 4.62. The highest BCUT2D eigenvalue weighted by Gasteiger charge is 2.29. The first-order valence-corrected chi connectivity index (χ1v) is 11.4. The fourth-order valence-corrected chi connectivity index (χ4v) is 5.64. The predicted molar refractivity (Wildman–Crippen MR) is 113 cm³/mol. The van der Waals surface area contributed by atoms with Crippen molar-refractivity contribution >= 4 is 38.0 Å². The summed E-state index contributed by atoms with van der Waals surface area (Å²) < 4.78 is 34.2. The molecule has 2 aromatic rings. The molecule has 0 fully saturated rings. The molecule has 0 radical (unpaired) electrons. The van der Waals surface area contributed by atoms with Gasteiger partial charge in [0.25, 0.3) is 10.0 Å². The van der Waals surface area contributed by atoms with E-state index in [4.69, 9.17) is 4.74 Å². The van der Waals surface area contributed by atoms with Crippen molar-refractivity contribution in [3.05, 3.63) is 34.7 Å². The summed E-state index contributed by atoms with van der Waals surface area (Å²) in [5, 5.41) is 11.6. The molecule has 1 atom stereocenters. The number of thiophene rings is 1. The summed E-state index contributed by atoms with van der Waals surface area (Å²) in [7, 11) is -3.96. The van der Waals surface area contributed by atoms with Gasteiger partial charge in [0.15, 0.2) is 0 Å². The maximum atomic E-state index is 13.0. The van der Waals surface area contributed by atoms with Gasteiger partial charge in [-0.2, -0.15) is 5.26 Å². The van der Waals surface area contributed by atoms with E-state index in [2.05, 4.69) is 10.8 Å². The second-order valence-corrected chi connectivity index (χ2v) is 10.6. The molecule has 1 aliphatic rings. The summed E-state index contributed by atoms with van der Waals surface area (Å²) in [4.78, 5) is 13.5. The lowest BCUT2D eigenvalue weighted by molar-refractivity contribution is -0.117. The van der Waals surface area contributed by atoms with Crippen LogP contribution in [0.3, 0.4) is 0 Å². The second kappa shape index (κ2) is 7.35. The van der Waals surface area contributed by atoms with Crippen molar-refractivity contribution in [2.75, 3.05) is 16.2 Å². The quantitative estimate of drug-likeness (QED) is 0.792. The van der Waals surface area contributed by atoms with Crippen LogP contribution in [0.25, 0.3) is 0 Å². The van der Waals surface area contributed by atoms with Crippen LogP contribution in [0.5, 0.6) is 5.75 Å². The summed E-state index contributed by atoms with van der Waals surface area (Å²) in [6.45, 7) is 9.52. The zero-order valence-corrected chi connectivity index (χ0v) is 18.6. The number of sulfonamides is 1. The van der Waals surface area contributed by atoms with Gasteiger partial charge in [0.05, 0.1) is 22.7 Å². The average Bonchev–Trinajstić information content (AvgIpc) is 3.02. The average molecular weight is 434 g/mol. The number of nitriles is 1. The van der Waals surface area contributed by atoms with Gasteiger partial charge in [-0.15, -0.1) is 11.3 Å². The van der Waals surface area contributed by atoms with Gasteiger partial charge in [-0.1, -0.05) is 20.8 Å². The largest absolute Gasteiger partial charge is 0.487 e. The molecule has 7 nitrogen and oxygen atoms in total. The van der Waals surface area contributed by atoms with Gasteiger partial charge in [0.1, 0.15) is 22.9 Å². The van der Waals surface area contributed by atoms with Crippen LogP contribution in [-0.4, -0.2) is 27.0 Å². The highest BCUT2D eigenvalue weighted by Crippen LogP contribution is 2.38. The molecule has 1 aromatic carbocycles. The van der Waals surface area contributed by atoms with E-state index in [0.717, 1.165) is 5.56 Å². The van der Waals surface area contributed by atoms with E-state index in [1.54, 1.807) is 11.4 Å². The summed E-state index contributed by atoms with van der Waals surface area (Å²) >= 11 is 1.18. The third kappa shape index (κ3) is 4.09. The number of ether oxygens (including phenoxy) is 1. The zero-order chi connectivity index (χ0) is 21.6. The second-order valence-electron chi connectivity index (χ2n) is 8.01. The maximum Gasteiger partial charge on any atom is 0.262 e. The monoisotopic (exact) mass is 433 g/mol. The van der Waals surface area contributed by atoms with Crippen LogP contribution in [0.1, 0.15) is 45.7 Å².